The van der Waals surface area contributed by atoms with E-state index in [0.29, 0.717) is 43.5 Å². The van der Waals surface area contributed by atoms with E-state index in [9.17, 15) is 13.5 Å². The number of nitrogens with one attached hydrogen (secondary N) is 1. The summed E-state index contributed by atoms with van der Waals surface area (Å²) in [6, 6.07) is 10.5. The number of anilines is 1. The first-order chi connectivity index (χ1) is 17.9. The second-order valence-corrected chi connectivity index (χ2v) is 11.7. The van der Waals surface area contributed by atoms with Crippen molar-refractivity contribution in [3.63, 3.8) is 0 Å². The molecular weight excluding hydrogens is 492 g/mol. The van der Waals surface area contributed by atoms with Crippen LogP contribution >= 0.6 is 0 Å². The van der Waals surface area contributed by atoms with Gasteiger partial charge in [-0.3, -0.25) is 4.98 Å². The number of benzene rings is 1. The summed E-state index contributed by atoms with van der Waals surface area (Å²) in [6.07, 6.45) is 6.43. The molecule has 0 amide bonds. The summed E-state index contributed by atoms with van der Waals surface area (Å²) < 4.78 is 31.2. The number of likely N-dealkylation sites (tertiary alicyclic amines) is 1. The number of β-amino-alcohol motifs (C(OH)–C–C–N with tert-alkyl or cyclic N) is 1. The highest BCUT2D eigenvalue weighted by Crippen LogP contribution is 2.31. The number of rotatable bonds is 8. The third-order valence-electron chi connectivity index (χ3n) is 7.21. The maximum atomic E-state index is 12.0. The second-order valence-electron chi connectivity index (χ2n) is 9.74. The van der Waals surface area contributed by atoms with Crippen molar-refractivity contribution in [2.75, 3.05) is 64.1 Å². The lowest BCUT2D eigenvalue weighted by molar-refractivity contribution is 0.00702. The summed E-state index contributed by atoms with van der Waals surface area (Å²) in [5.74, 6) is 1.12. The standard InChI is InChI=1S/C26H34N6O4S/c1-37(34,35)32-13-15-36-22(18-32)17-29-26-25-24(27-8-9-28-25)16-23(30-26)21-4-2-19(3-5-21)20-6-10-31(11-7-20)12-14-33/h2-5,8-9,16,20,22,33H,6-7,10-15,17-18H2,1H3,(H,29,30)/t22-/m1/s1. The molecule has 37 heavy (non-hydrogen) atoms. The first kappa shape index (κ1) is 25.9. The number of piperidine rings is 1. The predicted octanol–water partition coefficient (Wildman–Crippen LogP) is 1.94. The molecule has 2 fully saturated rings. The van der Waals surface area contributed by atoms with Crippen LogP contribution in [0.15, 0.2) is 42.7 Å². The van der Waals surface area contributed by atoms with Gasteiger partial charge < -0.3 is 20.1 Å². The SMILES string of the molecule is CS(=O)(=O)N1CCO[C@H](CNc2nc(-c3ccc(C4CCN(CCO)CC4)cc3)cc3nccnc23)C1. The number of aliphatic hydroxyl groups excluding tert-OH is 1. The van der Waals surface area contributed by atoms with Gasteiger partial charge in [0.05, 0.1) is 36.8 Å². The number of hydrogen-bond acceptors (Lipinski definition) is 9. The molecule has 0 saturated carbocycles. The maximum Gasteiger partial charge on any atom is 0.211 e. The Kier molecular flexibility index (Phi) is 7.96. The van der Waals surface area contributed by atoms with E-state index in [1.165, 1.54) is 16.1 Å². The van der Waals surface area contributed by atoms with Crippen LogP contribution in [0.2, 0.25) is 0 Å². The molecule has 11 heteroatoms. The van der Waals surface area contributed by atoms with Crippen LogP contribution < -0.4 is 5.32 Å². The van der Waals surface area contributed by atoms with E-state index in [0.717, 1.165) is 49.2 Å². The average molecular weight is 527 g/mol. The number of morpholine rings is 1. The van der Waals surface area contributed by atoms with Gasteiger partial charge in [-0.25, -0.2) is 18.4 Å². The molecule has 5 rings (SSSR count). The molecule has 198 valence electrons. The highest BCUT2D eigenvalue weighted by atomic mass is 32.2. The summed E-state index contributed by atoms with van der Waals surface area (Å²) in [4.78, 5) is 16.2. The Labute approximate surface area is 217 Å². The molecule has 2 aliphatic heterocycles. The lowest BCUT2D eigenvalue weighted by Crippen LogP contribution is -2.47. The van der Waals surface area contributed by atoms with Gasteiger partial charge in [-0.05, 0) is 43.5 Å². The second kappa shape index (κ2) is 11.4. The van der Waals surface area contributed by atoms with Crippen LogP contribution in [0, 0.1) is 0 Å². The number of pyridine rings is 1. The van der Waals surface area contributed by atoms with Gasteiger partial charge in [0.25, 0.3) is 0 Å². The fraction of sp³-hybridized carbons (Fsp3) is 0.500. The molecule has 4 heterocycles. The number of aromatic nitrogens is 3. The zero-order chi connectivity index (χ0) is 25.8. The number of fused-ring (bicyclic) bond motifs is 1. The molecule has 0 spiro atoms. The van der Waals surface area contributed by atoms with Gasteiger partial charge in [0, 0.05) is 44.1 Å². The van der Waals surface area contributed by atoms with Crippen LogP contribution in [0.1, 0.15) is 24.3 Å². The van der Waals surface area contributed by atoms with E-state index in [-0.39, 0.29) is 12.7 Å². The van der Waals surface area contributed by atoms with E-state index in [2.05, 4.69) is 44.5 Å². The number of aliphatic hydroxyl groups is 1. The van der Waals surface area contributed by atoms with Crippen LogP contribution in [0.25, 0.3) is 22.3 Å². The van der Waals surface area contributed by atoms with Gasteiger partial charge >= 0.3 is 0 Å². The van der Waals surface area contributed by atoms with Crippen molar-refractivity contribution in [3.05, 3.63) is 48.3 Å². The largest absolute Gasteiger partial charge is 0.395 e. The summed E-state index contributed by atoms with van der Waals surface area (Å²) in [7, 11) is -3.26. The molecule has 0 aliphatic carbocycles. The molecule has 2 N–H and O–H groups in total. The molecule has 3 aromatic rings. The molecule has 2 aliphatic rings. The van der Waals surface area contributed by atoms with E-state index < -0.39 is 10.0 Å². The highest BCUT2D eigenvalue weighted by Gasteiger charge is 2.27. The van der Waals surface area contributed by atoms with Crippen molar-refractivity contribution in [3.8, 4) is 11.3 Å². The Hall–Kier alpha value is -2.70. The van der Waals surface area contributed by atoms with Gasteiger partial charge in [-0.15, -0.1) is 0 Å². The Morgan fingerprint density at radius 1 is 1.11 bits per heavy atom. The Balaban J connectivity index is 1.32. The fourth-order valence-corrected chi connectivity index (χ4v) is 5.97. The molecule has 0 unspecified atom stereocenters. The molecule has 2 saturated heterocycles. The maximum absolute atomic E-state index is 12.0. The predicted molar refractivity (Wildman–Crippen MR) is 143 cm³/mol. The average Bonchev–Trinajstić information content (AvgIpc) is 2.92. The van der Waals surface area contributed by atoms with Crippen LogP contribution in [0.5, 0.6) is 0 Å². The number of sulfonamides is 1. The smallest absolute Gasteiger partial charge is 0.211 e. The van der Waals surface area contributed by atoms with Crippen LogP contribution in [0.4, 0.5) is 5.82 Å². The lowest BCUT2D eigenvalue weighted by atomic mass is 9.89. The normalized spacial score (nSPS) is 20.3. The summed E-state index contributed by atoms with van der Waals surface area (Å²) >= 11 is 0. The highest BCUT2D eigenvalue weighted by molar-refractivity contribution is 7.88. The van der Waals surface area contributed by atoms with Crippen molar-refractivity contribution in [1.82, 2.24) is 24.2 Å². The van der Waals surface area contributed by atoms with Crippen LogP contribution in [-0.4, -0.2) is 103 Å². The molecule has 2 aromatic heterocycles. The minimum Gasteiger partial charge on any atom is -0.395 e. The van der Waals surface area contributed by atoms with Crippen molar-refractivity contribution < 1.29 is 18.3 Å². The molecule has 1 atom stereocenters. The Morgan fingerprint density at radius 3 is 2.59 bits per heavy atom. The lowest BCUT2D eigenvalue weighted by Gasteiger charge is -2.31. The van der Waals surface area contributed by atoms with Gasteiger partial charge in [0.2, 0.25) is 10.0 Å². The Morgan fingerprint density at radius 2 is 1.86 bits per heavy atom. The minimum atomic E-state index is -3.26. The quantitative estimate of drug-likeness (QED) is 0.454. The summed E-state index contributed by atoms with van der Waals surface area (Å²) in [6.45, 7) is 4.43. The van der Waals surface area contributed by atoms with Gasteiger partial charge in [0.15, 0.2) is 5.82 Å². The topological polar surface area (TPSA) is 121 Å². The number of ether oxygens (including phenoxy) is 1. The zero-order valence-corrected chi connectivity index (χ0v) is 21.9. The molecule has 1 aromatic carbocycles. The molecule has 10 nitrogen and oxygen atoms in total. The van der Waals surface area contributed by atoms with Crippen molar-refractivity contribution in [2.45, 2.75) is 24.9 Å². The summed E-state index contributed by atoms with van der Waals surface area (Å²) in [5.41, 5.74) is 4.51. The van der Waals surface area contributed by atoms with Gasteiger partial charge in [0.1, 0.15) is 5.52 Å². The van der Waals surface area contributed by atoms with Crippen molar-refractivity contribution in [1.29, 1.82) is 0 Å². The molecule has 0 radical (unpaired) electrons. The first-order valence-corrected chi connectivity index (χ1v) is 14.6. The van der Waals surface area contributed by atoms with Gasteiger partial charge in [-0.2, -0.15) is 4.31 Å². The van der Waals surface area contributed by atoms with E-state index >= 15 is 0 Å². The summed E-state index contributed by atoms with van der Waals surface area (Å²) in [5, 5.41) is 12.5. The van der Waals surface area contributed by atoms with Crippen molar-refractivity contribution in [2.24, 2.45) is 0 Å². The fourth-order valence-electron chi connectivity index (χ4n) is 5.13. The van der Waals surface area contributed by atoms with Crippen LogP contribution in [-0.2, 0) is 14.8 Å². The molecular formula is C26H34N6O4S. The Bertz CT molecular complexity index is 1310. The van der Waals surface area contributed by atoms with Crippen LogP contribution in [0.3, 0.4) is 0 Å². The minimum absolute atomic E-state index is 0.214. The monoisotopic (exact) mass is 526 g/mol. The molecule has 0 bridgehead atoms. The van der Waals surface area contributed by atoms with E-state index in [1.807, 2.05) is 6.07 Å². The number of hydrogen-bond donors (Lipinski definition) is 2. The van der Waals surface area contributed by atoms with Crippen molar-refractivity contribution >= 4 is 26.9 Å². The van der Waals surface area contributed by atoms with Gasteiger partial charge in [-0.1, -0.05) is 24.3 Å². The number of nitrogens with zero attached hydrogens (tertiary/aromatic N) is 5. The van der Waals surface area contributed by atoms with E-state index in [4.69, 9.17) is 9.72 Å². The zero-order valence-electron chi connectivity index (χ0n) is 21.1. The third-order valence-corrected chi connectivity index (χ3v) is 8.48. The van der Waals surface area contributed by atoms with E-state index in [1.54, 1.807) is 12.4 Å². The first-order valence-electron chi connectivity index (χ1n) is 12.8. The third kappa shape index (κ3) is 6.24.